The first-order chi connectivity index (χ1) is 36.0. The number of rotatable bonds is 51. The molecule has 0 saturated carbocycles. The van der Waals surface area contributed by atoms with Crippen molar-refractivity contribution in [3.63, 3.8) is 0 Å². The third kappa shape index (κ3) is 58.1. The van der Waals surface area contributed by atoms with Crippen LogP contribution in [0.5, 0.6) is 0 Å². The topological polar surface area (TPSA) is 78.9 Å². The van der Waals surface area contributed by atoms with E-state index in [-0.39, 0.29) is 37.5 Å². The summed E-state index contributed by atoms with van der Waals surface area (Å²) in [4.78, 5) is 38.2. The van der Waals surface area contributed by atoms with Crippen LogP contribution in [0.25, 0.3) is 0 Å². The first kappa shape index (κ1) is 68.3. The number of carbonyl (C=O) groups is 3. The summed E-state index contributed by atoms with van der Waals surface area (Å²) in [6.45, 7) is 6.23. The van der Waals surface area contributed by atoms with Crippen LogP contribution in [0.4, 0.5) is 0 Å². The lowest BCUT2D eigenvalue weighted by molar-refractivity contribution is -0.167. The molecule has 1 atom stereocenters. The number of unbranched alkanes of at least 4 members (excludes halogenated alkanes) is 16. The lowest BCUT2D eigenvalue weighted by Gasteiger charge is -2.18. The Morgan fingerprint density at radius 2 is 0.507 bits per heavy atom. The highest BCUT2D eigenvalue weighted by molar-refractivity contribution is 5.71. The molecule has 0 aliphatic rings. The molecular weight excluding hydrogens is 901 g/mol. The summed E-state index contributed by atoms with van der Waals surface area (Å²) in [6.07, 6.45) is 85.5. The largest absolute Gasteiger partial charge is 0.462 e. The summed E-state index contributed by atoms with van der Waals surface area (Å²) in [5.41, 5.74) is 0. The molecule has 0 radical (unpaired) electrons. The minimum atomic E-state index is -0.823. The molecule has 0 aromatic rings. The molecule has 0 aliphatic carbocycles. The van der Waals surface area contributed by atoms with E-state index in [9.17, 15) is 14.4 Å². The average Bonchev–Trinajstić information content (AvgIpc) is 3.39. The van der Waals surface area contributed by atoms with Gasteiger partial charge in [-0.25, -0.2) is 0 Å². The highest BCUT2D eigenvalue weighted by Gasteiger charge is 2.19. The van der Waals surface area contributed by atoms with Crippen molar-refractivity contribution >= 4 is 17.9 Å². The molecule has 0 aromatic carbocycles. The second kappa shape index (κ2) is 59.8. The number of hydrogen-bond donors (Lipinski definition) is 0. The summed E-state index contributed by atoms with van der Waals surface area (Å²) < 4.78 is 16.8. The van der Waals surface area contributed by atoms with Gasteiger partial charge in [-0.3, -0.25) is 14.4 Å². The Balaban J connectivity index is 4.51. The van der Waals surface area contributed by atoms with E-state index in [2.05, 4.69) is 167 Å². The van der Waals surface area contributed by atoms with Crippen molar-refractivity contribution in [2.75, 3.05) is 13.2 Å². The number of hydrogen-bond acceptors (Lipinski definition) is 6. The van der Waals surface area contributed by atoms with Crippen molar-refractivity contribution in [3.8, 4) is 0 Å². The van der Waals surface area contributed by atoms with Crippen molar-refractivity contribution < 1.29 is 28.6 Å². The molecule has 1 unspecified atom stereocenters. The predicted octanol–water partition coefficient (Wildman–Crippen LogP) is 20.0. The Kier molecular flexibility index (Phi) is 56.0. The second-order valence-corrected chi connectivity index (χ2v) is 18.8. The predicted molar refractivity (Wildman–Crippen MR) is 315 cm³/mol. The van der Waals surface area contributed by atoms with E-state index in [1.54, 1.807) is 0 Å². The quantitative estimate of drug-likeness (QED) is 0.0261. The minimum Gasteiger partial charge on any atom is -0.462 e. The Morgan fingerprint density at radius 3 is 0.808 bits per heavy atom. The van der Waals surface area contributed by atoms with E-state index < -0.39 is 6.10 Å². The zero-order valence-corrected chi connectivity index (χ0v) is 46.8. The minimum absolute atomic E-state index is 0.114. The average molecular weight is 1010 g/mol. The summed E-state index contributed by atoms with van der Waals surface area (Å²) in [7, 11) is 0. The molecule has 0 N–H and O–H groups in total. The van der Waals surface area contributed by atoms with Crippen LogP contribution >= 0.6 is 0 Å². The highest BCUT2D eigenvalue weighted by atomic mass is 16.6. The third-order valence-corrected chi connectivity index (χ3v) is 11.8. The van der Waals surface area contributed by atoms with Crippen LogP contribution in [-0.4, -0.2) is 37.2 Å². The molecule has 73 heavy (non-hydrogen) atoms. The van der Waals surface area contributed by atoms with Gasteiger partial charge in [0.1, 0.15) is 13.2 Å². The Hall–Kier alpha value is -4.71. The van der Waals surface area contributed by atoms with E-state index in [1.165, 1.54) is 57.8 Å². The van der Waals surface area contributed by atoms with Gasteiger partial charge in [-0.2, -0.15) is 0 Å². The van der Waals surface area contributed by atoms with Gasteiger partial charge >= 0.3 is 17.9 Å². The van der Waals surface area contributed by atoms with Gasteiger partial charge in [0, 0.05) is 19.3 Å². The van der Waals surface area contributed by atoms with Gasteiger partial charge < -0.3 is 14.2 Å². The molecule has 0 bridgehead atoms. The standard InChI is InChI=1S/C67H106O6/c1-4-7-10-13-16-19-22-25-28-31-32-33-34-37-39-42-45-48-51-54-57-60-66(69)72-63-64(73-67(70)61-58-55-52-49-46-43-40-36-30-27-24-21-18-15-12-9-6-3)62-71-65(68)59-56-53-50-47-44-41-38-35-29-26-23-20-17-14-11-8-5-2/h7-12,16-21,25-30,32-33,40,43,49,52,64H,4-6,13-15,22-24,31,34-39,41-42,44-48,50-51,53-63H2,1-3H3/b10-7-,11-8-,12-9-,19-16-,20-17-,21-18-,28-25-,29-26-,30-27-,33-32-,43-40-,52-49-. The van der Waals surface area contributed by atoms with Gasteiger partial charge in [-0.05, 0) is 128 Å². The molecule has 0 fully saturated rings. The molecule has 0 rings (SSSR count). The maximum absolute atomic E-state index is 12.9. The second-order valence-electron chi connectivity index (χ2n) is 18.8. The third-order valence-electron chi connectivity index (χ3n) is 11.8. The van der Waals surface area contributed by atoms with Gasteiger partial charge in [0.25, 0.3) is 0 Å². The van der Waals surface area contributed by atoms with E-state index in [0.29, 0.717) is 19.3 Å². The molecule has 0 heterocycles. The molecule has 410 valence electrons. The van der Waals surface area contributed by atoms with E-state index >= 15 is 0 Å². The summed E-state index contributed by atoms with van der Waals surface area (Å²) in [6, 6.07) is 0. The fourth-order valence-electron chi connectivity index (χ4n) is 7.54. The normalized spacial score (nSPS) is 13.2. The van der Waals surface area contributed by atoms with Crippen LogP contribution < -0.4 is 0 Å². The van der Waals surface area contributed by atoms with Crippen molar-refractivity contribution in [1.82, 2.24) is 0 Å². The summed E-state index contributed by atoms with van der Waals surface area (Å²) in [5, 5.41) is 0. The molecule has 0 aliphatic heterocycles. The van der Waals surface area contributed by atoms with Crippen LogP contribution in [0, 0.1) is 0 Å². The van der Waals surface area contributed by atoms with Crippen LogP contribution in [0.2, 0.25) is 0 Å². The summed E-state index contributed by atoms with van der Waals surface area (Å²) >= 11 is 0. The first-order valence-corrected chi connectivity index (χ1v) is 29.3. The molecule has 6 heteroatoms. The van der Waals surface area contributed by atoms with E-state index in [0.717, 1.165) is 135 Å². The molecule has 6 nitrogen and oxygen atoms in total. The van der Waals surface area contributed by atoms with Crippen LogP contribution in [0.15, 0.2) is 146 Å². The lowest BCUT2D eigenvalue weighted by atomic mass is 10.1. The van der Waals surface area contributed by atoms with Crippen molar-refractivity contribution in [2.45, 2.75) is 245 Å². The van der Waals surface area contributed by atoms with Crippen LogP contribution in [0.3, 0.4) is 0 Å². The zero-order valence-electron chi connectivity index (χ0n) is 46.8. The molecule has 0 aromatic heterocycles. The van der Waals surface area contributed by atoms with Crippen molar-refractivity contribution in [3.05, 3.63) is 146 Å². The fourth-order valence-corrected chi connectivity index (χ4v) is 7.54. The molecule has 0 saturated heterocycles. The number of carbonyl (C=O) groups excluding carboxylic acids is 3. The number of allylic oxidation sites excluding steroid dienone is 24. The first-order valence-electron chi connectivity index (χ1n) is 29.3. The van der Waals surface area contributed by atoms with Gasteiger partial charge in [-0.15, -0.1) is 0 Å². The fraction of sp³-hybridized carbons (Fsp3) is 0.597. The van der Waals surface area contributed by atoms with Crippen molar-refractivity contribution in [2.24, 2.45) is 0 Å². The number of esters is 3. The molecule has 0 spiro atoms. The SMILES string of the molecule is CC/C=C\C/C=C\C/C=C\C/C=C\C/C=C\CCCC(=O)OC(COC(=O)CCCCCCCCC/C=C\C/C=C\C/C=C\CC)COC(=O)CCCCCCCCCC/C=C\C/C=C\C/C=C\C/C=C\CC. The van der Waals surface area contributed by atoms with Crippen LogP contribution in [0.1, 0.15) is 239 Å². The lowest BCUT2D eigenvalue weighted by Crippen LogP contribution is -2.30. The van der Waals surface area contributed by atoms with Gasteiger partial charge in [0.2, 0.25) is 0 Å². The summed E-state index contributed by atoms with van der Waals surface area (Å²) in [5.74, 6) is -0.994. The van der Waals surface area contributed by atoms with E-state index in [1.807, 2.05) is 0 Å². The zero-order chi connectivity index (χ0) is 52.9. The van der Waals surface area contributed by atoms with Crippen LogP contribution in [-0.2, 0) is 28.6 Å². The Labute approximate surface area is 448 Å². The Bertz CT molecular complexity index is 1630. The van der Waals surface area contributed by atoms with Crippen molar-refractivity contribution in [1.29, 1.82) is 0 Å². The van der Waals surface area contributed by atoms with Gasteiger partial charge in [0.05, 0.1) is 0 Å². The maximum atomic E-state index is 12.9. The van der Waals surface area contributed by atoms with Gasteiger partial charge in [0.15, 0.2) is 6.10 Å². The maximum Gasteiger partial charge on any atom is 0.306 e. The molecule has 0 amide bonds. The number of ether oxygens (including phenoxy) is 3. The highest BCUT2D eigenvalue weighted by Crippen LogP contribution is 2.14. The molecular formula is C67H106O6. The smallest absolute Gasteiger partial charge is 0.306 e. The van der Waals surface area contributed by atoms with Gasteiger partial charge in [-0.1, -0.05) is 237 Å². The monoisotopic (exact) mass is 1010 g/mol. The van der Waals surface area contributed by atoms with E-state index in [4.69, 9.17) is 14.2 Å². The Morgan fingerprint density at radius 1 is 0.274 bits per heavy atom.